The molecule has 616 valence electrons. The second-order valence-electron chi connectivity index (χ2n) is 23.1. The maximum atomic E-state index is 14.5. The minimum atomic E-state index is -4.96. The van der Waals surface area contributed by atoms with Crippen LogP contribution in [-0.4, -0.2) is 254 Å². The van der Waals surface area contributed by atoms with Gasteiger partial charge in [0, 0.05) is 45.1 Å². The zero-order chi connectivity index (χ0) is 82.3. The second-order valence-corrected chi connectivity index (χ2v) is 29.3. The number of aliphatic hydroxyl groups excluding tert-OH is 4. The molecule has 54 heteroatoms. The van der Waals surface area contributed by atoms with Gasteiger partial charge in [0.2, 0.25) is 36.7 Å². The first-order chi connectivity index (χ1) is 50.3. The fourth-order valence-electron chi connectivity index (χ4n) is 9.31. The average Bonchev–Trinajstić information content (AvgIpc) is 1.65. The summed E-state index contributed by atoms with van der Waals surface area (Å²) in [5, 5.41) is 42.9. The van der Waals surface area contributed by atoms with Crippen LogP contribution in [0, 0.1) is 0 Å². The molecule has 0 saturated carbocycles. The lowest BCUT2D eigenvalue weighted by atomic mass is 10.1. The smallest absolute Gasteiger partial charge is 0.464 e. The van der Waals surface area contributed by atoms with Crippen molar-refractivity contribution in [2.45, 2.75) is 157 Å². The molecule has 15 N–H and O–H groups in total. The molecular weight excluding hydrogens is 1600 g/mol. The number of nitrogens with zero attached hydrogens (tertiary/aromatic N) is 8. The average molecular weight is 1680 g/mol. The lowest BCUT2D eigenvalue weighted by Crippen LogP contribution is -2.47. The van der Waals surface area contributed by atoms with E-state index in [1.807, 2.05) is 0 Å². The summed E-state index contributed by atoms with van der Waals surface area (Å²) in [5.41, 5.74) is 9.72. The van der Waals surface area contributed by atoms with Crippen LogP contribution in [0.1, 0.15) is 60.1 Å². The van der Waals surface area contributed by atoms with Crippen LogP contribution in [0.25, 0.3) is 0 Å². The van der Waals surface area contributed by atoms with Crippen molar-refractivity contribution >= 4 is 84.0 Å². The van der Waals surface area contributed by atoms with Crippen molar-refractivity contribution in [2.75, 3.05) is 58.2 Å². The number of aromatic nitrogens is 2. The van der Waals surface area contributed by atoms with Gasteiger partial charge in [0.15, 0.2) is 24.4 Å². The molecule has 8 heterocycles. The lowest BCUT2D eigenvalue weighted by Gasteiger charge is -2.32. The number of phosphoric acid groups is 4. The van der Waals surface area contributed by atoms with Gasteiger partial charge in [0.05, 0.1) is 51.6 Å². The number of amidine groups is 3. The van der Waals surface area contributed by atoms with Crippen molar-refractivity contribution in [3.63, 3.8) is 0 Å². The van der Waals surface area contributed by atoms with Crippen LogP contribution in [0.5, 0.6) is 0 Å². The van der Waals surface area contributed by atoms with Gasteiger partial charge in [-0.1, -0.05) is 40.5 Å². The van der Waals surface area contributed by atoms with E-state index in [0.29, 0.717) is 17.4 Å². The summed E-state index contributed by atoms with van der Waals surface area (Å²) >= 11 is 5.81. The number of aliphatic imine (C=N–C) groups is 3. The third-order valence-electron chi connectivity index (χ3n) is 14.5. The van der Waals surface area contributed by atoms with E-state index in [2.05, 4.69) is 82.0 Å². The Kier molecular flexibility index (Phi) is 33.2. The van der Waals surface area contributed by atoms with Crippen molar-refractivity contribution in [1.82, 2.24) is 29.6 Å². The Morgan fingerprint density at radius 1 is 0.569 bits per heavy atom. The van der Waals surface area contributed by atoms with E-state index >= 15 is 0 Å². The highest BCUT2D eigenvalue weighted by molar-refractivity contribution is 7.48. The molecule has 4 saturated heterocycles. The molecule has 0 aromatic carbocycles. The van der Waals surface area contributed by atoms with Gasteiger partial charge in [-0.15, -0.1) is 11.6 Å². The number of halogens is 9. The highest BCUT2D eigenvalue weighted by atomic mass is 35.5. The topological polar surface area (TPSA) is 570 Å². The molecule has 8 rings (SSSR count). The van der Waals surface area contributed by atoms with Gasteiger partial charge in [-0.3, -0.25) is 50.6 Å². The number of phosphoric ester groups is 4. The SMILES string of the molecule is C=C1N=C(N)C=CN1[C@@H]1O[C@H](COP(=O)(O)OCC(Cl)COC(=O)CC)C(O)C1(F)F.C=C1N=C(N)C=CN1[C@@H]1O[C@H](COP(=O)(O)OCCC)C(O)C1(F)F.C=C1N=C(NC(C)=O)C=CN1[C@@H]1O[C@H](COP(=O)(O)OCCC)C(O)C1(F)F.CC(=O)Nc1ccn([C@@H]2O[C@H](COP(=O)(O)O)C(O)C2(F)F)c(=O)n1. The number of aliphatic hydroxyl groups is 4. The van der Waals surface area contributed by atoms with Crippen LogP contribution < -0.4 is 27.8 Å². The minimum Gasteiger partial charge on any atom is -0.464 e. The molecule has 7 aliphatic rings. The van der Waals surface area contributed by atoms with Crippen LogP contribution in [0.15, 0.2) is 106 Å². The van der Waals surface area contributed by atoms with Gasteiger partial charge in [-0.05, 0) is 37.1 Å². The fourth-order valence-corrected chi connectivity index (χ4v) is 12.3. The summed E-state index contributed by atoms with van der Waals surface area (Å²) in [5.74, 6) is -17.1. The Bertz CT molecular complexity index is 3890. The van der Waals surface area contributed by atoms with E-state index in [4.69, 9.17) is 56.5 Å². The van der Waals surface area contributed by atoms with Crippen LogP contribution in [0.3, 0.4) is 0 Å². The molecule has 0 aliphatic carbocycles. The standard InChI is InChI=1S/C16H23ClF2N3O8P.C15H22F2N3O7P.C13H20F2N3O6P.C11H14F2N3O8P/c1-3-13(23)27-6-10(17)7-28-31(25,26)29-8-11-14(24)16(18,19)15(30-11)22-5-4-12(20)21-9(22)2;1-4-7-25-28(23,24)26-8-11-13(22)15(16,17)14(27-11)20-6-5-12(18-9(20)2)19-10(3)21;1-3-6-22-25(20,21)23-7-9-11(19)13(14,15)12(24-9)18-5-4-10(16)17-8(18)2;1-5(17)14-7-2-3-16(10(19)15-7)9-11(12,13)8(18)6(24-9)4-23-25(20,21)22/h4-5,10-11,14-15,24H,2-3,6-8H2,1H3,(H2,20,21)(H,25,26);5-6,11,13-14,22H,2,4,7-8H2,1,3H3,(H,23,24)(H,18,19,21);4-5,9,11-12,19H,2-3,6-7H2,1H3,(H2,16,17)(H,20,21);2-3,6,8-9,18H,4H2,1H3,(H2,20,21,22)(H,14,15,17,19)/t10?,11-,14?,15-;11-,13?,14-;9-,11?,12-;6-,8?,9-/m1111/s1. The van der Waals surface area contributed by atoms with E-state index in [0.717, 1.165) is 46.3 Å². The highest BCUT2D eigenvalue weighted by Gasteiger charge is 2.64. The van der Waals surface area contributed by atoms with Crippen molar-refractivity contribution in [1.29, 1.82) is 0 Å². The molecule has 16 atom stereocenters. The number of alkyl halides is 9. The number of carbonyl (C=O) groups is 3. The predicted molar refractivity (Wildman–Crippen MR) is 356 cm³/mol. The number of nitrogens with one attached hydrogen (secondary N) is 2. The second kappa shape index (κ2) is 38.9. The Morgan fingerprint density at radius 2 is 0.927 bits per heavy atom. The molecule has 7 aliphatic heterocycles. The van der Waals surface area contributed by atoms with Gasteiger partial charge in [-0.25, -0.2) is 38.0 Å². The third kappa shape index (κ3) is 26.1. The van der Waals surface area contributed by atoms with Gasteiger partial charge in [0.1, 0.15) is 71.8 Å². The zero-order valence-corrected chi connectivity index (χ0v) is 62.0. The normalized spacial score (nSPS) is 28.4. The molecule has 8 unspecified atom stereocenters. The van der Waals surface area contributed by atoms with Crippen LogP contribution in [0.4, 0.5) is 40.9 Å². The molecule has 41 nitrogen and oxygen atoms in total. The largest absolute Gasteiger partial charge is 0.472 e. The maximum Gasteiger partial charge on any atom is 0.472 e. The predicted octanol–water partition coefficient (Wildman–Crippen LogP) is 2.26. The summed E-state index contributed by atoms with van der Waals surface area (Å²) in [6, 6.07) is 1.06. The summed E-state index contributed by atoms with van der Waals surface area (Å²) < 4.78 is 218. The summed E-state index contributed by atoms with van der Waals surface area (Å²) in [6.07, 6.45) is -15.1. The number of nitrogens with two attached hydrogens (primary N) is 2. The molecule has 2 amide bonds. The summed E-state index contributed by atoms with van der Waals surface area (Å²) in [4.78, 5) is 108. The van der Waals surface area contributed by atoms with Gasteiger partial charge < -0.3 is 105 Å². The Hall–Kier alpha value is -6.41. The zero-order valence-electron chi connectivity index (χ0n) is 57.6. The van der Waals surface area contributed by atoms with Crippen molar-refractivity contribution in [3.05, 3.63) is 96.8 Å². The Morgan fingerprint density at radius 3 is 1.28 bits per heavy atom. The Balaban J connectivity index is 0.000000261. The number of carbonyl (C=O) groups excluding carboxylic acids is 3. The van der Waals surface area contributed by atoms with E-state index in [-0.39, 0.29) is 67.0 Å². The maximum absolute atomic E-state index is 14.5. The van der Waals surface area contributed by atoms with E-state index in [9.17, 15) is 108 Å². The number of ether oxygens (including phenoxy) is 5. The van der Waals surface area contributed by atoms with Crippen molar-refractivity contribution in [2.24, 2.45) is 26.4 Å². The van der Waals surface area contributed by atoms with Gasteiger partial charge in [0.25, 0.3) is 0 Å². The van der Waals surface area contributed by atoms with Crippen molar-refractivity contribution < 1.29 is 168 Å². The molecule has 1 aromatic heterocycles. The first-order valence-electron chi connectivity index (χ1n) is 31.4. The molecular formula is C55H79ClF8N12O29P4. The number of hydrogen-bond donors (Lipinski definition) is 13. The number of amides is 2. The third-order valence-corrected chi connectivity index (χ3v) is 18.2. The number of hydrogen-bond acceptors (Lipinski definition) is 33. The number of rotatable bonds is 29. The molecule has 0 bridgehead atoms. The summed E-state index contributed by atoms with van der Waals surface area (Å²) in [7, 11) is -18.6. The van der Waals surface area contributed by atoms with Gasteiger partial charge >= 0.3 is 66.6 Å². The molecule has 109 heavy (non-hydrogen) atoms. The Labute approximate surface area is 617 Å². The number of anilines is 1. The lowest BCUT2D eigenvalue weighted by molar-refractivity contribution is -0.148. The van der Waals surface area contributed by atoms with Crippen molar-refractivity contribution in [3.8, 4) is 0 Å². The first kappa shape index (κ1) is 93.2. The van der Waals surface area contributed by atoms with Crippen LogP contribution in [0.2, 0.25) is 0 Å². The monoisotopic (exact) mass is 1680 g/mol. The highest BCUT2D eigenvalue weighted by Crippen LogP contribution is 2.50. The fraction of sp³-hybridized carbons (Fsp3) is 0.600. The molecule has 4 fully saturated rings. The van der Waals surface area contributed by atoms with Crippen LogP contribution in [-0.2, 0) is 88.0 Å². The molecule has 0 radical (unpaired) electrons. The van der Waals surface area contributed by atoms with E-state index in [1.54, 1.807) is 20.8 Å². The minimum absolute atomic E-state index is 0.0432. The molecule has 0 spiro atoms. The summed E-state index contributed by atoms with van der Waals surface area (Å²) in [6.45, 7) is 13.5. The molecule has 1 aromatic rings. The van der Waals surface area contributed by atoms with Crippen LogP contribution >= 0.6 is 42.9 Å². The quantitative estimate of drug-likeness (QED) is 0.0237. The van der Waals surface area contributed by atoms with E-state index < -0.39 is 191 Å². The van der Waals surface area contributed by atoms with Gasteiger partial charge in [-0.2, -0.15) is 40.1 Å². The first-order valence-corrected chi connectivity index (χ1v) is 37.9. The van der Waals surface area contributed by atoms with E-state index in [1.165, 1.54) is 31.4 Å². The number of esters is 1.